The molecule has 2 aromatic rings. The van der Waals surface area contributed by atoms with Gasteiger partial charge in [-0.25, -0.2) is 0 Å². The summed E-state index contributed by atoms with van der Waals surface area (Å²) in [7, 11) is 0. The zero-order valence-electron chi connectivity index (χ0n) is 12.6. The monoisotopic (exact) mass is 369 g/mol. The van der Waals surface area contributed by atoms with Crippen molar-refractivity contribution in [1.82, 2.24) is 4.57 Å². The molecule has 1 aromatic heterocycles. The molecule has 0 fully saturated rings. The van der Waals surface area contributed by atoms with Crippen LogP contribution >= 0.6 is 15.9 Å². The van der Waals surface area contributed by atoms with E-state index in [-0.39, 0.29) is 23.6 Å². The third kappa shape index (κ3) is 1.55. The van der Waals surface area contributed by atoms with Crippen molar-refractivity contribution in [2.24, 2.45) is 11.8 Å². The highest BCUT2D eigenvalue weighted by Gasteiger charge is 2.49. The second-order valence-electron chi connectivity index (χ2n) is 6.72. The molecule has 4 unspecified atom stereocenters. The SMILES string of the molecule is Cc1cc(-n2c(O)c3c(c2O)C2C=CC3C3C=CC23)ccc1Br. The van der Waals surface area contributed by atoms with Gasteiger partial charge in [-0.05, 0) is 42.5 Å². The predicted molar refractivity (Wildman–Crippen MR) is 92.3 cm³/mol. The molecule has 116 valence electrons. The molecular weight excluding hydrogens is 354 g/mol. The number of benzene rings is 1. The van der Waals surface area contributed by atoms with Crippen LogP contribution in [0, 0.1) is 18.8 Å². The van der Waals surface area contributed by atoms with Gasteiger partial charge in [-0.2, -0.15) is 0 Å². The van der Waals surface area contributed by atoms with E-state index in [4.69, 9.17) is 0 Å². The van der Waals surface area contributed by atoms with Crippen LogP contribution in [0.15, 0.2) is 47.0 Å². The maximum absolute atomic E-state index is 10.9. The Hall–Kier alpha value is -1.94. The van der Waals surface area contributed by atoms with Crippen LogP contribution in [0.25, 0.3) is 5.69 Å². The average molecular weight is 370 g/mol. The van der Waals surface area contributed by atoms with Gasteiger partial charge in [-0.15, -0.1) is 0 Å². The van der Waals surface area contributed by atoms with Crippen molar-refractivity contribution in [3.63, 3.8) is 0 Å². The van der Waals surface area contributed by atoms with Crippen LogP contribution in [-0.2, 0) is 0 Å². The van der Waals surface area contributed by atoms with Crippen molar-refractivity contribution in [2.75, 3.05) is 0 Å². The second kappa shape index (κ2) is 4.32. The van der Waals surface area contributed by atoms with E-state index in [1.165, 1.54) is 0 Å². The van der Waals surface area contributed by atoms with Gasteiger partial charge in [0.25, 0.3) is 0 Å². The van der Waals surface area contributed by atoms with Gasteiger partial charge in [0.1, 0.15) is 0 Å². The van der Waals surface area contributed by atoms with Gasteiger partial charge >= 0.3 is 0 Å². The topological polar surface area (TPSA) is 45.4 Å². The zero-order valence-corrected chi connectivity index (χ0v) is 14.2. The number of aromatic hydroxyl groups is 2. The maximum Gasteiger partial charge on any atom is 0.202 e. The first-order valence-electron chi connectivity index (χ1n) is 7.87. The number of hydrogen-bond acceptors (Lipinski definition) is 2. The first-order valence-corrected chi connectivity index (χ1v) is 8.67. The summed E-state index contributed by atoms with van der Waals surface area (Å²) >= 11 is 3.50. The van der Waals surface area contributed by atoms with Gasteiger partial charge in [0.15, 0.2) is 0 Å². The van der Waals surface area contributed by atoms with E-state index < -0.39 is 0 Å². The number of allylic oxidation sites excluding steroid dienone is 4. The Morgan fingerprint density at radius 3 is 1.96 bits per heavy atom. The molecule has 0 saturated carbocycles. The Kier molecular flexibility index (Phi) is 2.54. The average Bonchev–Trinajstić information content (AvgIpc) is 2.75. The minimum Gasteiger partial charge on any atom is -0.494 e. The first-order chi connectivity index (χ1) is 11.1. The summed E-state index contributed by atoms with van der Waals surface area (Å²) in [5.41, 5.74) is 3.66. The van der Waals surface area contributed by atoms with Gasteiger partial charge in [0.2, 0.25) is 11.8 Å². The quantitative estimate of drug-likeness (QED) is 0.726. The van der Waals surface area contributed by atoms with Crippen molar-refractivity contribution in [3.8, 4) is 17.4 Å². The van der Waals surface area contributed by atoms with Crippen molar-refractivity contribution in [2.45, 2.75) is 18.8 Å². The largest absolute Gasteiger partial charge is 0.494 e. The zero-order chi connectivity index (χ0) is 15.9. The minimum atomic E-state index is 0.175. The number of rotatable bonds is 1. The van der Waals surface area contributed by atoms with Crippen LogP contribution in [0.3, 0.4) is 0 Å². The smallest absolute Gasteiger partial charge is 0.202 e. The molecule has 23 heavy (non-hydrogen) atoms. The van der Waals surface area contributed by atoms with Gasteiger partial charge in [-0.1, -0.05) is 40.2 Å². The molecule has 0 saturated heterocycles. The molecule has 2 N–H and O–H groups in total. The van der Waals surface area contributed by atoms with Gasteiger partial charge < -0.3 is 10.2 Å². The molecular formula is C19H16BrNO2. The van der Waals surface area contributed by atoms with E-state index in [0.29, 0.717) is 11.8 Å². The molecule has 3 nitrogen and oxygen atoms in total. The molecule has 1 aromatic carbocycles. The standard InChI is InChI=1S/C19H16BrNO2/c1-9-8-10(2-7-15(9)20)21-18(22)16-13-5-6-14(17(16)19(21)23)12-4-3-11(12)13/h2-8,11-14,22-23H,1H3. The third-order valence-corrected chi connectivity index (χ3v) is 6.51. The van der Waals surface area contributed by atoms with Crippen LogP contribution in [-0.4, -0.2) is 14.8 Å². The number of hydrogen-bond donors (Lipinski definition) is 2. The summed E-state index contributed by atoms with van der Waals surface area (Å²) in [6, 6.07) is 5.82. The van der Waals surface area contributed by atoms with Crippen LogP contribution in [0.4, 0.5) is 0 Å². The predicted octanol–water partition coefficient (Wildman–Crippen LogP) is 4.51. The van der Waals surface area contributed by atoms with Crippen LogP contribution in [0.1, 0.15) is 28.5 Å². The number of halogens is 1. The van der Waals surface area contributed by atoms with E-state index >= 15 is 0 Å². The van der Waals surface area contributed by atoms with E-state index in [9.17, 15) is 10.2 Å². The molecule has 0 spiro atoms. The Morgan fingerprint density at radius 2 is 1.48 bits per heavy atom. The Labute approximate surface area is 142 Å². The molecule has 4 aliphatic carbocycles. The highest BCUT2D eigenvalue weighted by atomic mass is 79.9. The fourth-order valence-electron chi connectivity index (χ4n) is 4.41. The summed E-state index contributed by atoms with van der Waals surface area (Å²) in [6.07, 6.45) is 8.83. The number of aromatic nitrogens is 1. The van der Waals surface area contributed by atoms with E-state index in [1.807, 2.05) is 25.1 Å². The molecule has 4 heteroatoms. The molecule has 4 atom stereocenters. The normalized spacial score (nSPS) is 29.3. The maximum atomic E-state index is 10.9. The lowest BCUT2D eigenvalue weighted by Crippen LogP contribution is -2.36. The fraction of sp³-hybridized carbons (Fsp3) is 0.263. The summed E-state index contributed by atoms with van der Waals surface area (Å²) in [5.74, 6) is 1.63. The summed E-state index contributed by atoms with van der Waals surface area (Å²) in [4.78, 5) is 0. The summed E-state index contributed by atoms with van der Waals surface area (Å²) < 4.78 is 2.60. The van der Waals surface area contributed by atoms with Crippen LogP contribution in [0.2, 0.25) is 0 Å². The van der Waals surface area contributed by atoms with Gasteiger partial charge in [0, 0.05) is 27.4 Å². The highest BCUT2D eigenvalue weighted by molar-refractivity contribution is 9.10. The van der Waals surface area contributed by atoms with E-state index in [2.05, 4.69) is 40.2 Å². The lowest BCUT2D eigenvalue weighted by molar-refractivity contribution is 0.306. The molecule has 6 rings (SSSR count). The molecule has 2 bridgehead atoms. The Morgan fingerprint density at radius 1 is 0.913 bits per heavy atom. The van der Waals surface area contributed by atoms with Crippen molar-refractivity contribution < 1.29 is 10.2 Å². The Balaban J connectivity index is 1.75. The van der Waals surface area contributed by atoms with Gasteiger partial charge in [0.05, 0.1) is 5.69 Å². The van der Waals surface area contributed by atoms with Crippen molar-refractivity contribution in [1.29, 1.82) is 0 Å². The molecule has 0 radical (unpaired) electrons. The number of nitrogens with zero attached hydrogens (tertiary/aromatic N) is 1. The number of aryl methyl sites for hydroxylation is 1. The first kappa shape index (κ1) is 13.5. The molecule has 1 heterocycles. The lowest BCUT2D eigenvalue weighted by Gasteiger charge is -2.47. The highest BCUT2D eigenvalue weighted by Crippen LogP contribution is 2.61. The molecule has 0 aliphatic heterocycles. The van der Waals surface area contributed by atoms with Gasteiger partial charge in [-0.3, -0.25) is 4.57 Å². The Bertz CT molecular complexity index is 863. The van der Waals surface area contributed by atoms with Crippen LogP contribution < -0.4 is 0 Å². The summed E-state index contributed by atoms with van der Waals surface area (Å²) in [5, 5.41) is 21.7. The van der Waals surface area contributed by atoms with Crippen molar-refractivity contribution in [3.05, 3.63) is 63.7 Å². The minimum absolute atomic E-state index is 0.175. The fourth-order valence-corrected chi connectivity index (χ4v) is 4.66. The molecule has 0 amide bonds. The molecule has 4 aliphatic rings. The lowest BCUT2D eigenvalue weighted by atomic mass is 9.56. The third-order valence-electron chi connectivity index (χ3n) is 5.62. The van der Waals surface area contributed by atoms with E-state index in [1.54, 1.807) is 4.57 Å². The van der Waals surface area contributed by atoms with E-state index in [0.717, 1.165) is 26.9 Å². The second-order valence-corrected chi connectivity index (χ2v) is 7.57. The van der Waals surface area contributed by atoms with Crippen LogP contribution in [0.5, 0.6) is 11.8 Å². The summed E-state index contributed by atoms with van der Waals surface area (Å²) in [6.45, 7) is 2.00. The van der Waals surface area contributed by atoms with Crippen molar-refractivity contribution >= 4 is 15.9 Å².